The van der Waals surface area contributed by atoms with Gasteiger partial charge >= 0.3 is 0 Å². The van der Waals surface area contributed by atoms with Crippen molar-refractivity contribution < 1.29 is 0 Å². The fourth-order valence-electron chi connectivity index (χ4n) is 1.62. The largest absolute Gasteiger partial charge is 0.320 e. The summed E-state index contributed by atoms with van der Waals surface area (Å²) in [5.41, 5.74) is 1.17. The van der Waals surface area contributed by atoms with Gasteiger partial charge in [-0.15, -0.1) is 0 Å². The van der Waals surface area contributed by atoms with Crippen molar-refractivity contribution in [2.45, 2.75) is 13.3 Å². The molecule has 0 aromatic heterocycles. The number of hydrogen-bond donors (Lipinski definition) is 1. The number of benzene rings is 1. The average molecular weight is 263 g/mol. The summed E-state index contributed by atoms with van der Waals surface area (Å²) in [5, 5.41) is 3.02. The van der Waals surface area contributed by atoms with Gasteiger partial charge in [0.25, 0.3) is 0 Å². The minimum atomic E-state index is 1.14. The van der Waals surface area contributed by atoms with Crippen LogP contribution in [0.25, 0.3) is 6.08 Å². The van der Waals surface area contributed by atoms with Gasteiger partial charge in [0.05, 0.1) is 13.3 Å². The standard InChI is InChI=1S/C8H8.C4H10N2.C4H11N/c1-2-8-6-4-3-5-7-8;1-5-3-6(2)4-5;1-3-4-5-2/h2-7H,1H2;3-4H2,1-2H3;5H,3-4H2,1-2H3. The molecule has 1 heterocycles. The molecule has 1 aliphatic heterocycles. The van der Waals surface area contributed by atoms with E-state index in [9.17, 15) is 0 Å². The molecule has 1 fully saturated rings. The Labute approximate surface area is 118 Å². The van der Waals surface area contributed by atoms with Gasteiger partial charge in [-0.1, -0.05) is 49.9 Å². The van der Waals surface area contributed by atoms with Crippen molar-refractivity contribution in [2.24, 2.45) is 0 Å². The van der Waals surface area contributed by atoms with Crippen LogP contribution in [0.15, 0.2) is 36.9 Å². The number of rotatable bonds is 3. The molecule has 1 aromatic carbocycles. The highest BCUT2D eigenvalue weighted by Gasteiger charge is 2.12. The van der Waals surface area contributed by atoms with Crippen molar-refractivity contribution in [1.29, 1.82) is 0 Å². The van der Waals surface area contributed by atoms with E-state index in [4.69, 9.17) is 0 Å². The van der Waals surface area contributed by atoms with Gasteiger partial charge in [0, 0.05) is 0 Å². The molecular formula is C16H29N3. The van der Waals surface area contributed by atoms with E-state index in [-0.39, 0.29) is 0 Å². The normalized spacial score (nSPS) is 14.3. The summed E-state index contributed by atoms with van der Waals surface area (Å²) in [6.07, 6.45) is 3.07. The molecule has 1 saturated heterocycles. The lowest BCUT2D eigenvalue weighted by Gasteiger charge is -2.36. The molecule has 0 saturated carbocycles. The second-order valence-corrected chi connectivity index (χ2v) is 4.71. The topological polar surface area (TPSA) is 18.5 Å². The van der Waals surface area contributed by atoms with Crippen LogP contribution in [0.3, 0.4) is 0 Å². The Morgan fingerprint density at radius 1 is 1.16 bits per heavy atom. The zero-order chi connectivity index (χ0) is 14.5. The highest BCUT2D eigenvalue weighted by molar-refractivity contribution is 5.45. The van der Waals surface area contributed by atoms with Crippen molar-refractivity contribution in [3.05, 3.63) is 42.5 Å². The Kier molecular flexibility index (Phi) is 11.2. The maximum Gasteiger partial charge on any atom is 0.0523 e. The van der Waals surface area contributed by atoms with Crippen LogP contribution in [0.1, 0.15) is 18.9 Å². The van der Waals surface area contributed by atoms with E-state index in [1.54, 1.807) is 0 Å². The van der Waals surface area contributed by atoms with Crippen LogP contribution in [0.4, 0.5) is 0 Å². The summed E-state index contributed by atoms with van der Waals surface area (Å²) in [6, 6.07) is 10.0. The predicted octanol–water partition coefficient (Wildman–Crippen LogP) is 2.72. The quantitative estimate of drug-likeness (QED) is 0.904. The average Bonchev–Trinajstić information content (AvgIpc) is 2.41. The molecule has 0 aliphatic carbocycles. The summed E-state index contributed by atoms with van der Waals surface area (Å²) in [4.78, 5) is 4.50. The van der Waals surface area contributed by atoms with Gasteiger partial charge in [-0.3, -0.25) is 9.80 Å². The zero-order valence-corrected chi connectivity index (χ0v) is 12.9. The van der Waals surface area contributed by atoms with Crippen molar-refractivity contribution in [3.63, 3.8) is 0 Å². The molecule has 19 heavy (non-hydrogen) atoms. The lowest BCUT2D eigenvalue weighted by atomic mass is 10.2. The first-order chi connectivity index (χ1) is 9.13. The molecule has 0 bridgehead atoms. The third-order valence-corrected chi connectivity index (χ3v) is 2.50. The fraction of sp³-hybridized carbons (Fsp3) is 0.500. The van der Waals surface area contributed by atoms with Crippen LogP contribution in [0, 0.1) is 0 Å². The summed E-state index contributed by atoms with van der Waals surface area (Å²) < 4.78 is 0. The van der Waals surface area contributed by atoms with Crippen molar-refractivity contribution in [3.8, 4) is 0 Å². The van der Waals surface area contributed by atoms with Gasteiger partial charge in [0.1, 0.15) is 0 Å². The molecule has 108 valence electrons. The van der Waals surface area contributed by atoms with Gasteiger partial charge in [0.15, 0.2) is 0 Å². The minimum absolute atomic E-state index is 1.14. The molecule has 1 aromatic rings. The van der Waals surface area contributed by atoms with Gasteiger partial charge < -0.3 is 5.32 Å². The highest BCUT2D eigenvalue weighted by atomic mass is 15.5. The Balaban J connectivity index is 0.000000265. The van der Waals surface area contributed by atoms with Gasteiger partial charge in [0.2, 0.25) is 0 Å². The van der Waals surface area contributed by atoms with Crippen LogP contribution >= 0.6 is 0 Å². The molecule has 0 atom stereocenters. The van der Waals surface area contributed by atoms with Crippen molar-refractivity contribution in [2.75, 3.05) is 41.0 Å². The first-order valence-corrected chi connectivity index (χ1v) is 6.83. The minimum Gasteiger partial charge on any atom is -0.320 e. The molecular weight excluding hydrogens is 234 g/mol. The van der Waals surface area contributed by atoms with Crippen LogP contribution in [0.2, 0.25) is 0 Å². The van der Waals surface area contributed by atoms with Gasteiger partial charge in [-0.2, -0.15) is 0 Å². The number of nitrogens with one attached hydrogen (secondary N) is 1. The molecule has 1 N–H and O–H groups in total. The van der Waals surface area contributed by atoms with Crippen molar-refractivity contribution in [1.82, 2.24) is 15.1 Å². The monoisotopic (exact) mass is 263 g/mol. The zero-order valence-electron chi connectivity index (χ0n) is 12.9. The third-order valence-electron chi connectivity index (χ3n) is 2.50. The van der Waals surface area contributed by atoms with E-state index in [2.05, 4.69) is 42.7 Å². The first-order valence-electron chi connectivity index (χ1n) is 6.83. The molecule has 3 nitrogen and oxygen atoms in total. The Morgan fingerprint density at radius 2 is 1.68 bits per heavy atom. The SMILES string of the molecule is C=Cc1ccccc1.CCCNC.CN1CN(C)C1. The summed E-state index contributed by atoms with van der Waals surface area (Å²) in [6.45, 7) is 9.20. The second-order valence-electron chi connectivity index (χ2n) is 4.71. The molecule has 2 rings (SSSR count). The highest BCUT2D eigenvalue weighted by Crippen LogP contribution is 1.98. The number of nitrogens with zero attached hydrogens (tertiary/aromatic N) is 2. The van der Waals surface area contributed by atoms with Gasteiger partial charge in [-0.25, -0.2) is 0 Å². The second kappa shape index (κ2) is 11.9. The van der Waals surface area contributed by atoms with Crippen molar-refractivity contribution >= 4 is 6.08 Å². The van der Waals surface area contributed by atoms with E-state index in [0.717, 1.165) is 19.9 Å². The summed E-state index contributed by atoms with van der Waals surface area (Å²) in [5.74, 6) is 0. The summed E-state index contributed by atoms with van der Waals surface area (Å²) >= 11 is 0. The van der Waals surface area contributed by atoms with Crippen LogP contribution < -0.4 is 5.32 Å². The Bertz CT molecular complexity index is 297. The molecule has 0 spiro atoms. The maximum absolute atomic E-state index is 3.63. The smallest absolute Gasteiger partial charge is 0.0523 e. The van der Waals surface area contributed by atoms with E-state index in [1.807, 2.05) is 43.5 Å². The van der Waals surface area contributed by atoms with E-state index in [1.165, 1.54) is 12.0 Å². The van der Waals surface area contributed by atoms with Crippen LogP contribution in [-0.2, 0) is 0 Å². The Morgan fingerprint density at radius 3 is 1.84 bits per heavy atom. The lowest BCUT2D eigenvalue weighted by molar-refractivity contribution is 0.0149. The first kappa shape index (κ1) is 17.8. The van der Waals surface area contributed by atoms with Gasteiger partial charge in [-0.05, 0) is 39.7 Å². The van der Waals surface area contributed by atoms with E-state index < -0.39 is 0 Å². The molecule has 0 unspecified atom stereocenters. The van der Waals surface area contributed by atoms with Crippen LogP contribution in [0.5, 0.6) is 0 Å². The van der Waals surface area contributed by atoms with E-state index in [0.29, 0.717) is 0 Å². The number of hydrogen-bond acceptors (Lipinski definition) is 3. The van der Waals surface area contributed by atoms with Crippen LogP contribution in [-0.4, -0.2) is 50.8 Å². The predicted molar refractivity (Wildman–Crippen MR) is 86.0 cm³/mol. The van der Waals surface area contributed by atoms with E-state index >= 15 is 0 Å². The fourth-order valence-corrected chi connectivity index (χ4v) is 1.62. The summed E-state index contributed by atoms with van der Waals surface area (Å²) in [7, 11) is 6.18. The maximum atomic E-state index is 3.63. The molecule has 3 heteroatoms. The molecule has 0 radical (unpaired) electrons. The lowest BCUT2D eigenvalue weighted by Crippen LogP contribution is -2.50. The molecule has 0 amide bonds. The Hall–Kier alpha value is -1.16. The molecule has 1 aliphatic rings. The third kappa shape index (κ3) is 10.4.